The second kappa shape index (κ2) is 18.3. The minimum Gasteiger partial charge on any atom is -0.508 e. The smallest absolute Gasteiger partial charge is 0.326 e. The van der Waals surface area contributed by atoms with Crippen molar-refractivity contribution in [3.8, 4) is 5.75 Å². The predicted octanol–water partition coefficient (Wildman–Crippen LogP) is -0.150. The van der Waals surface area contributed by atoms with Crippen molar-refractivity contribution < 1.29 is 29.4 Å². The van der Waals surface area contributed by atoms with Crippen molar-refractivity contribution in [1.82, 2.24) is 16.0 Å². The first-order valence-corrected chi connectivity index (χ1v) is 15.1. The molecule has 43 heavy (non-hydrogen) atoms. The molecule has 2 rings (SSSR count). The maximum absolute atomic E-state index is 13.4. The van der Waals surface area contributed by atoms with Gasteiger partial charge in [-0.3, -0.25) is 19.4 Å². The van der Waals surface area contributed by atoms with Crippen LogP contribution in [-0.4, -0.2) is 82.6 Å². The monoisotopic (exact) mass is 615 g/mol. The van der Waals surface area contributed by atoms with Crippen LogP contribution in [0.4, 0.5) is 0 Å². The first-order chi connectivity index (χ1) is 20.5. The van der Waals surface area contributed by atoms with Gasteiger partial charge in [-0.2, -0.15) is 11.8 Å². The van der Waals surface area contributed by atoms with Crippen LogP contribution in [-0.2, 0) is 32.0 Å². The zero-order chi connectivity index (χ0) is 31.8. The number of carbonyl (C=O) groups excluding carboxylic acids is 3. The maximum Gasteiger partial charge on any atom is 0.326 e. The summed E-state index contributed by atoms with van der Waals surface area (Å²) in [5.41, 5.74) is 18.3. The van der Waals surface area contributed by atoms with Gasteiger partial charge in [0.15, 0.2) is 5.96 Å². The van der Waals surface area contributed by atoms with Gasteiger partial charge < -0.3 is 43.4 Å². The van der Waals surface area contributed by atoms with Crippen molar-refractivity contribution in [2.75, 3.05) is 18.6 Å². The first kappa shape index (κ1) is 34.9. The molecule has 2 aromatic carbocycles. The van der Waals surface area contributed by atoms with Gasteiger partial charge in [0, 0.05) is 13.0 Å². The molecule has 4 unspecified atom stereocenters. The van der Waals surface area contributed by atoms with Crippen molar-refractivity contribution in [2.45, 2.75) is 56.3 Å². The number of carbonyl (C=O) groups is 4. The maximum atomic E-state index is 13.4. The average molecular weight is 616 g/mol. The normalized spacial score (nSPS) is 13.5. The highest BCUT2D eigenvalue weighted by atomic mass is 32.2. The number of nitrogens with zero attached hydrogens (tertiary/aromatic N) is 1. The number of thioether (sulfide) groups is 1. The third-order valence-electron chi connectivity index (χ3n) is 6.45. The number of amides is 3. The number of rotatable bonds is 18. The number of aliphatic carboxylic acids is 1. The molecule has 0 heterocycles. The summed E-state index contributed by atoms with van der Waals surface area (Å²) < 4.78 is 0. The molecular weight excluding hydrogens is 574 g/mol. The number of carboxylic acid groups (broad SMARTS) is 1. The number of benzene rings is 2. The number of hydrogen-bond donors (Lipinski definition) is 8. The summed E-state index contributed by atoms with van der Waals surface area (Å²) in [5, 5.41) is 27.1. The molecule has 2 aromatic rings. The summed E-state index contributed by atoms with van der Waals surface area (Å²) in [6, 6.07) is 10.8. The van der Waals surface area contributed by atoms with Crippen molar-refractivity contribution in [1.29, 1.82) is 0 Å². The molecular formula is C29H41N7O6S. The molecule has 4 atom stereocenters. The number of phenolic OH excluding ortho intramolecular Hbond substituents is 1. The van der Waals surface area contributed by atoms with Gasteiger partial charge in [0.1, 0.15) is 23.9 Å². The number of nitrogens with two attached hydrogens (primary N) is 3. The third-order valence-corrected chi connectivity index (χ3v) is 7.09. The van der Waals surface area contributed by atoms with Crippen molar-refractivity contribution in [3.05, 3.63) is 65.7 Å². The van der Waals surface area contributed by atoms with Crippen LogP contribution in [0.1, 0.15) is 30.4 Å². The van der Waals surface area contributed by atoms with E-state index in [1.54, 1.807) is 42.5 Å². The fraction of sp³-hybridized carbons (Fsp3) is 0.414. The highest BCUT2D eigenvalue weighted by Crippen LogP contribution is 2.12. The van der Waals surface area contributed by atoms with E-state index in [4.69, 9.17) is 17.2 Å². The van der Waals surface area contributed by atoms with E-state index in [2.05, 4.69) is 20.9 Å². The Kier molecular flexibility index (Phi) is 14.8. The highest BCUT2D eigenvalue weighted by Gasteiger charge is 2.30. The van der Waals surface area contributed by atoms with Gasteiger partial charge in [0.25, 0.3) is 0 Å². The molecule has 0 spiro atoms. The van der Waals surface area contributed by atoms with E-state index in [9.17, 15) is 29.4 Å². The van der Waals surface area contributed by atoms with E-state index < -0.39 is 47.9 Å². The summed E-state index contributed by atoms with van der Waals surface area (Å²) in [6.45, 7) is 0.188. The molecule has 0 fully saturated rings. The fourth-order valence-corrected chi connectivity index (χ4v) is 4.60. The topological polar surface area (TPSA) is 235 Å². The molecule has 0 saturated carbocycles. The van der Waals surface area contributed by atoms with Crippen LogP contribution in [0.25, 0.3) is 0 Å². The largest absolute Gasteiger partial charge is 0.508 e. The molecule has 0 saturated heterocycles. The number of phenols is 1. The average Bonchev–Trinajstić information content (AvgIpc) is 2.97. The summed E-state index contributed by atoms with van der Waals surface area (Å²) in [7, 11) is 0. The van der Waals surface area contributed by atoms with Crippen LogP contribution in [0.2, 0.25) is 0 Å². The Balaban J connectivity index is 2.15. The molecule has 11 N–H and O–H groups in total. The fourth-order valence-electron chi connectivity index (χ4n) is 4.13. The van der Waals surface area contributed by atoms with Gasteiger partial charge in [0.05, 0.1) is 6.04 Å². The molecule has 0 aliphatic carbocycles. The standard InChI is InChI=1S/C29H41N7O6S/c1-43-15-13-23(34-25(38)21(30)16-19-9-11-20(37)12-10-19)27(40)35-22(8-5-14-33-29(31)32)26(39)36-24(28(41)42)17-18-6-3-2-4-7-18/h2-4,6-7,9-12,21-24,37H,5,8,13-17,30H2,1H3,(H,34,38)(H,35,40)(H,36,39)(H,41,42)(H4,31,32,33). The quantitative estimate of drug-likeness (QED) is 0.0627. The molecule has 3 amide bonds. The van der Waals surface area contributed by atoms with Crippen LogP contribution in [0.15, 0.2) is 59.6 Å². The van der Waals surface area contributed by atoms with Crippen LogP contribution >= 0.6 is 11.8 Å². The van der Waals surface area contributed by atoms with Gasteiger partial charge in [0.2, 0.25) is 17.7 Å². The van der Waals surface area contributed by atoms with Crippen molar-refractivity contribution >= 4 is 41.4 Å². The molecule has 13 nitrogen and oxygen atoms in total. The SMILES string of the molecule is CSCCC(NC(=O)C(N)Cc1ccc(O)cc1)C(=O)NC(CCCN=C(N)N)C(=O)NC(Cc1ccccc1)C(=O)O. The zero-order valence-electron chi connectivity index (χ0n) is 24.1. The van der Waals surface area contributed by atoms with E-state index in [-0.39, 0.29) is 43.9 Å². The van der Waals surface area contributed by atoms with Gasteiger partial charge >= 0.3 is 5.97 Å². The summed E-state index contributed by atoms with van der Waals surface area (Å²) in [4.78, 5) is 55.5. The van der Waals surface area contributed by atoms with Crippen LogP contribution in [0, 0.1) is 0 Å². The molecule has 0 radical (unpaired) electrons. The third kappa shape index (κ3) is 13.0. The lowest BCUT2D eigenvalue weighted by Crippen LogP contribution is -2.57. The van der Waals surface area contributed by atoms with Crippen molar-refractivity contribution in [2.24, 2.45) is 22.2 Å². The van der Waals surface area contributed by atoms with E-state index >= 15 is 0 Å². The molecule has 0 aromatic heterocycles. The second-order valence-electron chi connectivity index (χ2n) is 9.92. The Hall–Kier alpha value is -4.30. The minimum atomic E-state index is -1.24. The highest BCUT2D eigenvalue weighted by molar-refractivity contribution is 7.98. The van der Waals surface area contributed by atoms with Gasteiger partial charge in [-0.25, -0.2) is 4.79 Å². The number of nitrogens with one attached hydrogen (secondary N) is 3. The second-order valence-corrected chi connectivity index (χ2v) is 10.9. The van der Waals surface area contributed by atoms with Gasteiger partial charge in [-0.05, 0) is 61.0 Å². The van der Waals surface area contributed by atoms with E-state index in [0.717, 1.165) is 5.56 Å². The number of guanidine groups is 1. The number of carboxylic acids is 1. The van der Waals surface area contributed by atoms with Crippen LogP contribution in [0.3, 0.4) is 0 Å². The molecule has 234 valence electrons. The summed E-state index contributed by atoms with van der Waals surface area (Å²) in [5.74, 6) is -2.60. The van der Waals surface area contributed by atoms with Gasteiger partial charge in [-0.15, -0.1) is 0 Å². The molecule has 0 bridgehead atoms. The lowest BCUT2D eigenvalue weighted by atomic mass is 10.0. The first-order valence-electron chi connectivity index (χ1n) is 13.8. The number of aromatic hydroxyl groups is 1. The number of hydrogen-bond acceptors (Lipinski definition) is 8. The lowest BCUT2D eigenvalue weighted by Gasteiger charge is -2.25. The Morgan fingerprint density at radius 1 is 0.814 bits per heavy atom. The Morgan fingerprint density at radius 3 is 1.95 bits per heavy atom. The lowest BCUT2D eigenvalue weighted by molar-refractivity contribution is -0.142. The molecule has 14 heteroatoms. The van der Waals surface area contributed by atoms with E-state index in [0.29, 0.717) is 17.7 Å². The van der Waals surface area contributed by atoms with Crippen molar-refractivity contribution in [3.63, 3.8) is 0 Å². The minimum absolute atomic E-state index is 0.0436. The van der Waals surface area contributed by atoms with Gasteiger partial charge in [-0.1, -0.05) is 42.5 Å². The Morgan fingerprint density at radius 2 is 1.37 bits per heavy atom. The van der Waals surface area contributed by atoms with Crippen LogP contribution in [0.5, 0.6) is 5.75 Å². The summed E-state index contributed by atoms with van der Waals surface area (Å²) in [6.07, 6.45) is 2.76. The van der Waals surface area contributed by atoms with E-state index in [1.165, 1.54) is 23.9 Å². The molecule has 0 aliphatic heterocycles. The predicted molar refractivity (Wildman–Crippen MR) is 166 cm³/mol. The van der Waals surface area contributed by atoms with Crippen LogP contribution < -0.4 is 33.2 Å². The number of aliphatic imine (C=N–C) groups is 1. The zero-order valence-corrected chi connectivity index (χ0v) is 24.9. The Labute approximate surface area is 255 Å². The Bertz CT molecular complexity index is 1230. The summed E-state index contributed by atoms with van der Waals surface area (Å²) >= 11 is 1.47. The van der Waals surface area contributed by atoms with E-state index in [1.807, 2.05) is 6.26 Å². The molecule has 0 aliphatic rings.